The average molecular weight is 396 g/mol. The highest BCUT2D eigenvalue weighted by Crippen LogP contribution is 2.31. The van der Waals surface area contributed by atoms with Gasteiger partial charge in [0.15, 0.2) is 0 Å². The van der Waals surface area contributed by atoms with Crippen LogP contribution < -0.4 is 10.3 Å². The maximum atomic E-state index is 12.1. The van der Waals surface area contributed by atoms with E-state index in [4.69, 9.17) is 4.74 Å². The minimum atomic E-state index is -0.0526. The summed E-state index contributed by atoms with van der Waals surface area (Å²) in [5, 5.41) is 0. The van der Waals surface area contributed by atoms with E-state index in [2.05, 4.69) is 52.5 Å². The van der Waals surface area contributed by atoms with Crippen LogP contribution in [0.15, 0.2) is 29.1 Å². The Morgan fingerprint density at radius 3 is 2.90 bits per heavy atom. The van der Waals surface area contributed by atoms with Crippen LogP contribution in [-0.4, -0.2) is 16.6 Å². The van der Waals surface area contributed by atoms with Gasteiger partial charge in [0.25, 0.3) is 5.56 Å². The van der Waals surface area contributed by atoms with Gasteiger partial charge in [0, 0.05) is 0 Å². The zero-order valence-electron chi connectivity index (χ0n) is 12.0. The van der Waals surface area contributed by atoms with Gasteiger partial charge >= 0.3 is 0 Å². The number of benzene rings is 1. The van der Waals surface area contributed by atoms with Crippen LogP contribution in [0.3, 0.4) is 0 Å². The Balaban J connectivity index is 1.97. The van der Waals surface area contributed by atoms with Gasteiger partial charge in [-0.1, -0.05) is 32.0 Å². The second-order valence-corrected chi connectivity index (χ2v) is 6.70. The molecule has 1 unspecified atom stereocenters. The molecule has 1 aromatic carbocycles. The Morgan fingerprint density at radius 2 is 2.14 bits per heavy atom. The second-order valence-electron chi connectivity index (χ2n) is 5.62. The van der Waals surface area contributed by atoms with Gasteiger partial charge in [0.05, 0.1) is 21.8 Å². The molecule has 0 saturated heterocycles. The van der Waals surface area contributed by atoms with Gasteiger partial charge in [-0.15, -0.1) is 0 Å². The van der Waals surface area contributed by atoms with E-state index in [0.717, 1.165) is 23.7 Å². The lowest BCUT2D eigenvalue weighted by molar-refractivity contribution is 0.257. The number of rotatable bonds is 2. The first-order chi connectivity index (χ1) is 10.1. The summed E-state index contributed by atoms with van der Waals surface area (Å²) in [5.74, 6) is 2.00. The number of fused-ring (bicyclic) bond motifs is 1. The first-order valence-electron chi connectivity index (χ1n) is 7.06. The van der Waals surface area contributed by atoms with Crippen molar-refractivity contribution in [2.45, 2.75) is 32.1 Å². The van der Waals surface area contributed by atoms with Gasteiger partial charge in [0.1, 0.15) is 11.6 Å². The number of para-hydroxylation sites is 1. The van der Waals surface area contributed by atoms with E-state index in [1.54, 1.807) is 0 Å². The minimum absolute atomic E-state index is 0.0526. The number of nitrogens with zero attached hydrogens (tertiary/aromatic N) is 1. The monoisotopic (exact) mass is 396 g/mol. The van der Waals surface area contributed by atoms with E-state index in [1.165, 1.54) is 5.56 Å². The zero-order valence-corrected chi connectivity index (χ0v) is 14.2. The molecule has 0 spiro atoms. The van der Waals surface area contributed by atoms with Gasteiger partial charge in [-0.05, 0) is 46.6 Å². The molecule has 0 radical (unpaired) electrons. The lowest BCUT2D eigenvalue weighted by Crippen LogP contribution is -2.26. The highest BCUT2D eigenvalue weighted by molar-refractivity contribution is 14.1. The van der Waals surface area contributed by atoms with Crippen LogP contribution in [0, 0.1) is 3.57 Å². The Labute approximate surface area is 137 Å². The molecule has 4 nitrogen and oxygen atoms in total. The fourth-order valence-electron chi connectivity index (χ4n) is 2.57. The van der Waals surface area contributed by atoms with Gasteiger partial charge in [-0.25, -0.2) is 4.98 Å². The van der Waals surface area contributed by atoms with Gasteiger partial charge in [-0.3, -0.25) is 4.79 Å². The lowest BCUT2D eigenvalue weighted by Gasteiger charge is -2.25. The maximum Gasteiger partial charge on any atom is 0.264 e. The van der Waals surface area contributed by atoms with Crippen molar-refractivity contribution in [3.8, 4) is 5.75 Å². The summed E-state index contributed by atoms with van der Waals surface area (Å²) in [6.07, 6.45) is 0.844. The SMILES string of the molecule is CC(C)c1nc(C2COc3ccccc3C2)[nH]c(=O)c1I. The van der Waals surface area contributed by atoms with Crippen molar-refractivity contribution in [3.05, 3.63) is 55.3 Å². The third-order valence-electron chi connectivity index (χ3n) is 3.72. The third-order valence-corrected chi connectivity index (χ3v) is 4.76. The molecular weight excluding hydrogens is 379 g/mol. The van der Waals surface area contributed by atoms with Crippen LogP contribution in [0.5, 0.6) is 5.75 Å². The molecule has 110 valence electrons. The summed E-state index contributed by atoms with van der Waals surface area (Å²) >= 11 is 2.07. The number of ether oxygens (including phenoxy) is 1. The molecular formula is C16H17IN2O2. The molecule has 0 fully saturated rings. The average Bonchev–Trinajstić information content (AvgIpc) is 2.49. The van der Waals surface area contributed by atoms with Crippen LogP contribution in [0.1, 0.15) is 42.8 Å². The minimum Gasteiger partial charge on any atom is -0.493 e. The molecule has 0 saturated carbocycles. The highest BCUT2D eigenvalue weighted by atomic mass is 127. The molecule has 2 aromatic rings. The molecule has 5 heteroatoms. The van der Waals surface area contributed by atoms with Crippen molar-refractivity contribution in [2.75, 3.05) is 6.61 Å². The molecule has 3 rings (SSSR count). The molecule has 1 aliphatic heterocycles. The van der Waals surface area contributed by atoms with Crippen molar-refractivity contribution in [1.29, 1.82) is 0 Å². The number of hydrogen-bond acceptors (Lipinski definition) is 3. The van der Waals surface area contributed by atoms with Gasteiger partial charge < -0.3 is 9.72 Å². The maximum absolute atomic E-state index is 12.1. The molecule has 1 N–H and O–H groups in total. The number of nitrogens with one attached hydrogen (secondary N) is 1. The molecule has 1 atom stereocenters. The summed E-state index contributed by atoms with van der Waals surface area (Å²) in [6.45, 7) is 4.67. The first kappa shape index (κ1) is 14.6. The van der Waals surface area contributed by atoms with Crippen molar-refractivity contribution in [3.63, 3.8) is 0 Å². The summed E-state index contributed by atoms with van der Waals surface area (Å²) in [6, 6.07) is 8.03. The number of halogens is 1. The van der Waals surface area contributed by atoms with Crippen LogP contribution in [0.2, 0.25) is 0 Å². The number of H-pyrrole nitrogens is 1. The van der Waals surface area contributed by atoms with Crippen LogP contribution >= 0.6 is 22.6 Å². The summed E-state index contributed by atoms with van der Waals surface area (Å²) in [4.78, 5) is 19.7. The van der Waals surface area contributed by atoms with Crippen LogP contribution in [0.25, 0.3) is 0 Å². The Kier molecular flexibility index (Phi) is 4.01. The van der Waals surface area contributed by atoms with E-state index in [9.17, 15) is 4.79 Å². The standard InChI is InChI=1S/C16H17IN2O2/c1-9(2)14-13(17)16(20)19-15(18-14)11-7-10-5-3-4-6-12(10)21-8-11/h3-6,9,11H,7-8H2,1-2H3,(H,18,19,20). The third kappa shape index (κ3) is 2.84. The van der Waals surface area contributed by atoms with E-state index in [1.807, 2.05) is 18.2 Å². The molecule has 1 aromatic heterocycles. The predicted octanol–water partition coefficient (Wildman–Crippen LogP) is 3.22. The largest absolute Gasteiger partial charge is 0.493 e. The van der Waals surface area contributed by atoms with E-state index >= 15 is 0 Å². The van der Waals surface area contributed by atoms with Gasteiger partial charge in [0.2, 0.25) is 0 Å². The normalized spacial score (nSPS) is 17.4. The molecule has 0 aliphatic carbocycles. The summed E-state index contributed by atoms with van der Waals surface area (Å²) < 4.78 is 6.48. The quantitative estimate of drug-likeness (QED) is 0.794. The molecule has 0 amide bonds. The Bertz CT molecular complexity index is 724. The van der Waals surface area contributed by atoms with E-state index in [0.29, 0.717) is 10.2 Å². The smallest absolute Gasteiger partial charge is 0.264 e. The van der Waals surface area contributed by atoms with E-state index < -0.39 is 0 Å². The first-order valence-corrected chi connectivity index (χ1v) is 8.14. The number of hydrogen-bond donors (Lipinski definition) is 1. The molecule has 0 bridgehead atoms. The molecule has 1 aliphatic rings. The second kappa shape index (κ2) is 5.79. The predicted molar refractivity (Wildman–Crippen MR) is 90.0 cm³/mol. The fraction of sp³-hybridized carbons (Fsp3) is 0.375. The highest BCUT2D eigenvalue weighted by Gasteiger charge is 2.24. The Hall–Kier alpha value is -1.37. The zero-order chi connectivity index (χ0) is 15.0. The van der Waals surface area contributed by atoms with Crippen molar-refractivity contribution in [2.24, 2.45) is 0 Å². The number of aromatic nitrogens is 2. The van der Waals surface area contributed by atoms with Crippen LogP contribution in [0.4, 0.5) is 0 Å². The van der Waals surface area contributed by atoms with Gasteiger partial charge in [-0.2, -0.15) is 0 Å². The Morgan fingerprint density at radius 1 is 1.38 bits per heavy atom. The van der Waals surface area contributed by atoms with E-state index in [-0.39, 0.29) is 17.4 Å². The fourth-order valence-corrected chi connectivity index (χ4v) is 3.45. The van der Waals surface area contributed by atoms with Crippen molar-refractivity contribution in [1.82, 2.24) is 9.97 Å². The summed E-state index contributed by atoms with van der Waals surface area (Å²) in [5.41, 5.74) is 1.98. The summed E-state index contributed by atoms with van der Waals surface area (Å²) in [7, 11) is 0. The molecule has 21 heavy (non-hydrogen) atoms. The lowest BCUT2D eigenvalue weighted by atomic mass is 9.96. The number of aromatic amines is 1. The van der Waals surface area contributed by atoms with Crippen molar-refractivity contribution < 1.29 is 4.74 Å². The topological polar surface area (TPSA) is 55.0 Å². The molecule has 2 heterocycles. The van der Waals surface area contributed by atoms with Crippen molar-refractivity contribution >= 4 is 22.6 Å². The van der Waals surface area contributed by atoms with Crippen LogP contribution in [-0.2, 0) is 6.42 Å².